The average Bonchev–Trinajstić information content (AvgIpc) is 2.22. The average molecular weight is 308 g/mol. The van der Waals surface area contributed by atoms with Crippen molar-refractivity contribution in [1.82, 2.24) is 0 Å². The van der Waals surface area contributed by atoms with E-state index in [0.717, 1.165) is 5.33 Å². The predicted molar refractivity (Wildman–Crippen MR) is 67.0 cm³/mol. The van der Waals surface area contributed by atoms with Gasteiger partial charge in [0.25, 0.3) is 0 Å². The lowest BCUT2D eigenvalue weighted by Gasteiger charge is -2.39. The van der Waals surface area contributed by atoms with Gasteiger partial charge in [-0.25, -0.2) is 4.39 Å². The smallest absolute Gasteiger partial charge is 0.142 e. The second-order valence-electron chi connectivity index (χ2n) is 4.35. The Morgan fingerprint density at radius 2 is 2.19 bits per heavy atom. The Labute approximate surface area is 108 Å². The van der Waals surface area contributed by atoms with Crippen LogP contribution in [0.4, 0.5) is 4.39 Å². The van der Waals surface area contributed by atoms with Crippen molar-refractivity contribution in [2.45, 2.75) is 19.3 Å². The van der Waals surface area contributed by atoms with Gasteiger partial charge >= 0.3 is 0 Å². The molecule has 0 amide bonds. The summed E-state index contributed by atoms with van der Waals surface area (Å²) in [4.78, 5) is 0. The Hall–Kier alpha value is -0.280. The van der Waals surface area contributed by atoms with Crippen LogP contribution < -0.4 is 4.74 Å². The number of halogens is 3. The molecule has 2 rings (SSSR count). The van der Waals surface area contributed by atoms with Crippen LogP contribution >= 0.6 is 27.5 Å². The van der Waals surface area contributed by atoms with Gasteiger partial charge in [0.15, 0.2) is 0 Å². The molecule has 0 unspecified atom stereocenters. The summed E-state index contributed by atoms with van der Waals surface area (Å²) in [6.45, 7) is 0.667. The molecule has 0 spiro atoms. The second-order valence-corrected chi connectivity index (χ2v) is 5.32. The molecule has 0 heterocycles. The second kappa shape index (κ2) is 4.92. The summed E-state index contributed by atoms with van der Waals surface area (Å²) >= 11 is 9.20. The van der Waals surface area contributed by atoms with Crippen LogP contribution in [0.25, 0.3) is 0 Å². The van der Waals surface area contributed by atoms with E-state index in [0.29, 0.717) is 12.4 Å². The van der Waals surface area contributed by atoms with Gasteiger partial charge in [0.1, 0.15) is 11.6 Å². The molecule has 0 aromatic heterocycles. The third kappa shape index (κ3) is 2.51. The minimum absolute atomic E-state index is 0.110. The minimum atomic E-state index is -0.409. The van der Waals surface area contributed by atoms with Crippen LogP contribution in [0.3, 0.4) is 0 Å². The van der Waals surface area contributed by atoms with E-state index in [2.05, 4.69) is 15.9 Å². The standard InChI is InChI=1S/C12H13BrClFO/c13-7-12(4-1-5-12)8-16-9-2-3-11(15)10(14)6-9/h2-3,6H,1,4-5,7-8H2. The van der Waals surface area contributed by atoms with E-state index in [9.17, 15) is 4.39 Å². The Bertz CT molecular complexity index is 374. The normalized spacial score (nSPS) is 17.9. The maximum Gasteiger partial charge on any atom is 0.142 e. The fourth-order valence-corrected chi connectivity index (χ4v) is 2.69. The van der Waals surface area contributed by atoms with Crippen molar-refractivity contribution >= 4 is 27.5 Å². The highest BCUT2D eigenvalue weighted by atomic mass is 79.9. The van der Waals surface area contributed by atoms with Crippen molar-refractivity contribution in [3.8, 4) is 5.75 Å². The molecular formula is C12H13BrClFO. The molecule has 88 valence electrons. The van der Waals surface area contributed by atoms with E-state index in [1.807, 2.05) is 0 Å². The number of ether oxygens (including phenoxy) is 1. The zero-order chi connectivity index (χ0) is 11.6. The topological polar surface area (TPSA) is 9.23 Å². The van der Waals surface area contributed by atoms with Crippen molar-refractivity contribution in [2.75, 3.05) is 11.9 Å². The minimum Gasteiger partial charge on any atom is -0.493 e. The van der Waals surface area contributed by atoms with Gasteiger partial charge in [-0.05, 0) is 25.0 Å². The van der Waals surface area contributed by atoms with Crippen molar-refractivity contribution in [1.29, 1.82) is 0 Å². The summed E-state index contributed by atoms with van der Waals surface area (Å²) in [5.74, 6) is 0.228. The van der Waals surface area contributed by atoms with Gasteiger partial charge in [-0.15, -0.1) is 0 Å². The fraction of sp³-hybridized carbons (Fsp3) is 0.500. The third-order valence-electron chi connectivity index (χ3n) is 3.13. The van der Waals surface area contributed by atoms with Gasteiger partial charge in [-0.3, -0.25) is 0 Å². The van der Waals surface area contributed by atoms with E-state index in [1.54, 1.807) is 6.07 Å². The quantitative estimate of drug-likeness (QED) is 0.748. The van der Waals surface area contributed by atoms with Crippen LogP contribution in [0.1, 0.15) is 19.3 Å². The highest BCUT2D eigenvalue weighted by molar-refractivity contribution is 9.09. The number of alkyl halides is 1. The first-order chi connectivity index (χ1) is 7.65. The lowest BCUT2D eigenvalue weighted by molar-refractivity contribution is 0.0838. The van der Waals surface area contributed by atoms with Gasteiger partial charge in [-0.1, -0.05) is 34.0 Å². The van der Waals surface area contributed by atoms with Gasteiger partial charge in [-0.2, -0.15) is 0 Å². The molecule has 0 radical (unpaired) electrons. The zero-order valence-corrected chi connectivity index (χ0v) is 11.2. The van der Waals surface area contributed by atoms with Crippen LogP contribution in [0.5, 0.6) is 5.75 Å². The van der Waals surface area contributed by atoms with Crippen molar-refractivity contribution in [3.63, 3.8) is 0 Å². The van der Waals surface area contributed by atoms with Crippen molar-refractivity contribution in [3.05, 3.63) is 29.0 Å². The van der Waals surface area contributed by atoms with Gasteiger partial charge in [0.2, 0.25) is 0 Å². The molecular weight excluding hydrogens is 294 g/mol. The molecule has 1 fully saturated rings. The third-order valence-corrected chi connectivity index (χ3v) is 4.61. The summed E-state index contributed by atoms with van der Waals surface area (Å²) in [6.07, 6.45) is 3.64. The summed E-state index contributed by atoms with van der Waals surface area (Å²) in [5.41, 5.74) is 0.265. The number of hydrogen-bond acceptors (Lipinski definition) is 1. The summed E-state index contributed by atoms with van der Waals surface area (Å²) < 4.78 is 18.6. The van der Waals surface area contributed by atoms with E-state index >= 15 is 0 Å². The Morgan fingerprint density at radius 3 is 2.69 bits per heavy atom. The van der Waals surface area contributed by atoms with Crippen LogP contribution in [0.15, 0.2) is 18.2 Å². The predicted octanol–water partition coefficient (Wildman–Crippen LogP) is 4.42. The molecule has 1 aliphatic rings. The number of rotatable bonds is 4. The molecule has 1 aliphatic carbocycles. The Morgan fingerprint density at radius 1 is 1.44 bits per heavy atom. The summed E-state index contributed by atoms with van der Waals surface area (Å²) in [6, 6.07) is 4.47. The highest BCUT2D eigenvalue weighted by Gasteiger charge is 2.36. The molecule has 16 heavy (non-hydrogen) atoms. The van der Waals surface area contributed by atoms with Crippen LogP contribution in [0, 0.1) is 11.2 Å². The van der Waals surface area contributed by atoms with E-state index in [4.69, 9.17) is 16.3 Å². The number of benzene rings is 1. The first-order valence-corrected chi connectivity index (χ1v) is 6.79. The molecule has 0 N–H and O–H groups in total. The Kier molecular flexibility index (Phi) is 3.75. The molecule has 0 bridgehead atoms. The lowest BCUT2D eigenvalue weighted by Crippen LogP contribution is -2.37. The highest BCUT2D eigenvalue weighted by Crippen LogP contribution is 2.42. The van der Waals surface area contributed by atoms with Crippen LogP contribution in [-0.4, -0.2) is 11.9 Å². The summed E-state index contributed by atoms with van der Waals surface area (Å²) in [7, 11) is 0. The zero-order valence-electron chi connectivity index (χ0n) is 8.81. The van der Waals surface area contributed by atoms with Gasteiger partial charge in [0, 0.05) is 16.8 Å². The largest absolute Gasteiger partial charge is 0.493 e. The van der Waals surface area contributed by atoms with Gasteiger partial charge in [0.05, 0.1) is 11.6 Å². The SMILES string of the molecule is Fc1ccc(OCC2(CBr)CCC2)cc1Cl. The molecule has 1 saturated carbocycles. The fourth-order valence-electron chi connectivity index (χ4n) is 1.80. The number of hydrogen-bond donors (Lipinski definition) is 0. The molecule has 1 nitrogen and oxygen atoms in total. The first kappa shape index (κ1) is 12.2. The monoisotopic (exact) mass is 306 g/mol. The first-order valence-electron chi connectivity index (χ1n) is 5.29. The summed E-state index contributed by atoms with van der Waals surface area (Å²) in [5, 5.41) is 1.06. The molecule has 0 atom stereocenters. The van der Waals surface area contributed by atoms with Crippen LogP contribution in [-0.2, 0) is 0 Å². The van der Waals surface area contributed by atoms with Crippen LogP contribution in [0.2, 0.25) is 5.02 Å². The van der Waals surface area contributed by atoms with Gasteiger partial charge < -0.3 is 4.74 Å². The Balaban J connectivity index is 1.96. The van der Waals surface area contributed by atoms with E-state index in [1.165, 1.54) is 31.4 Å². The van der Waals surface area contributed by atoms with E-state index < -0.39 is 5.82 Å². The molecule has 0 aliphatic heterocycles. The molecule has 1 aromatic rings. The van der Waals surface area contributed by atoms with Crippen molar-refractivity contribution in [2.24, 2.45) is 5.41 Å². The van der Waals surface area contributed by atoms with E-state index in [-0.39, 0.29) is 10.4 Å². The molecule has 1 aromatic carbocycles. The molecule has 4 heteroatoms. The van der Waals surface area contributed by atoms with Crippen molar-refractivity contribution < 1.29 is 9.13 Å². The maximum atomic E-state index is 12.9. The maximum absolute atomic E-state index is 12.9. The lowest BCUT2D eigenvalue weighted by atomic mass is 9.71. The molecule has 0 saturated heterocycles.